The molecule has 1 N–H and O–H groups in total. The van der Waals surface area contributed by atoms with Crippen LogP contribution in [0.4, 0.5) is 0 Å². The fourth-order valence-corrected chi connectivity index (χ4v) is 5.04. The fraction of sp³-hybridized carbons (Fsp3) is 0.429. The van der Waals surface area contributed by atoms with Gasteiger partial charge in [0.05, 0.1) is 32.2 Å². The molecular formula is C28H34N2O5. The Balaban J connectivity index is 1.61. The molecule has 1 fully saturated rings. The minimum absolute atomic E-state index is 0.219. The van der Waals surface area contributed by atoms with E-state index in [0.717, 1.165) is 71.8 Å². The molecule has 7 nitrogen and oxygen atoms in total. The number of rotatable bonds is 10. The predicted molar refractivity (Wildman–Crippen MR) is 135 cm³/mol. The highest BCUT2D eigenvalue weighted by Gasteiger charge is 2.25. The van der Waals surface area contributed by atoms with Crippen molar-refractivity contribution in [1.82, 2.24) is 9.78 Å². The maximum Gasteiger partial charge on any atom is 0.329 e. The van der Waals surface area contributed by atoms with Crippen LogP contribution in [-0.4, -0.2) is 48.3 Å². The summed E-state index contributed by atoms with van der Waals surface area (Å²) in [4.78, 5) is 10.7. The molecule has 0 amide bonds. The lowest BCUT2D eigenvalue weighted by molar-refractivity contribution is -0.142. The van der Waals surface area contributed by atoms with Gasteiger partial charge in [-0.15, -0.1) is 0 Å². The van der Waals surface area contributed by atoms with Crippen LogP contribution < -0.4 is 9.47 Å². The Hall–Kier alpha value is -3.32. The maximum absolute atomic E-state index is 10.7. The molecule has 1 aliphatic rings. The lowest BCUT2D eigenvalue weighted by Gasteiger charge is -2.28. The molecule has 7 heteroatoms. The van der Waals surface area contributed by atoms with E-state index in [1.54, 1.807) is 14.2 Å². The number of carboxylic acids is 1. The van der Waals surface area contributed by atoms with Crippen molar-refractivity contribution >= 4 is 5.97 Å². The minimum Gasteiger partial charge on any atom is -0.497 e. The van der Waals surface area contributed by atoms with Gasteiger partial charge in [0.25, 0.3) is 0 Å². The largest absolute Gasteiger partial charge is 0.497 e. The van der Waals surface area contributed by atoms with Gasteiger partial charge in [0.2, 0.25) is 0 Å². The summed E-state index contributed by atoms with van der Waals surface area (Å²) in [5, 5.41) is 13.8. The molecule has 0 spiro atoms. The molecule has 35 heavy (non-hydrogen) atoms. The molecule has 0 aliphatic heterocycles. The number of aliphatic carboxylic acids is 1. The molecule has 0 unspecified atom stereocenters. The molecule has 0 atom stereocenters. The van der Waals surface area contributed by atoms with E-state index in [9.17, 15) is 4.79 Å². The second-order valence-electron chi connectivity index (χ2n) is 9.25. The quantitative estimate of drug-likeness (QED) is 0.417. The molecule has 3 aromatic rings. The lowest BCUT2D eigenvalue weighted by Crippen LogP contribution is -2.23. The van der Waals surface area contributed by atoms with Crippen molar-refractivity contribution in [1.29, 1.82) is 0 Å². The van der Waals surface area contributed by atoms with Crippen LogP contribution in [0.5, 0.6) is 11.5 Å². The van der Waals surface area contributed by atoms with Crippen LogP contribution in [0.25, 0.3) is 22.4 Å². The highest BCUT2D eigenvalue weighted by atomic mass is 16.5. The van der Waals surface area contributed by atoms with Crippen molar-refractivity contribution in [3.8, 4) is 33.9 Å². The van der Waals surface area contributed by atoms with Crippen molar-refractivity contribution in [3.63, 3.8) is 0 Å². The van der Waals surface area contributed by atoms with Crippen LogP contribution in [0, 0.1) is 18.8 Å². The number of hydrogen-bond donors (Lipinski definition) is 1. The van der Waals surface area contributed by atoms with Crippen LogP contribution in [0.3, 0.4) is 0 Å². The zero-order valence-corrected chi connectivity index (χ0v) is 20.7. The van der Waals surface area contributed by atoms with Gasteiger partial charge in [0, 0.05) is 17.7 Å². The number of nitrogens with zero attached hydrogens (tertiary/aromatic N) is 2. The van der Waals surface area contributed by atoms with Gasteiger partial charge >= 0.3 is 5.97 Å². The molecule has 1 saturated carbocycles. The summed E-state index contributed by atoms with van der Waals surface area (Å²) in [6.45, 7) is 3.20. The van der Waals surface area contributed by atoms with Gasteiger partial charge < -0.3 is 19.3 Å². The Kier molecular flexibility index (Phi) is 8.08. The number of carbonyl (C=O) groups is 1. The Morgan fingerprint density at radius 3 is 2.20 bits per heavy atom. The normalized spacial score (nSPS) is 17.8. The van der Waals surface area contributed by atoms with Crippen molar-refractivity contribution in [2.75, 3.05) is 27.4 Å². The number of carboxylic acid groups (broad SMARTS) is 1. The molecule has 0 saturated heterocycles. The topological polar surface area (TPSA) is 82.8 Å². The minimum atomic E-state index is -0.912. The maximum atomic E-state index is 10.7. The van der Waals surface area contributed by atoms with Crippen LogP contribution in [0.2, 0.25) is 0 Å². The summed E-state index contributed by atoms with van der Waals surface area (Å²) in [6, 6.07) is 16.3. The summed E-state index contributed by atoms with van der Waals surface area (Å²) in [7, 11) is 3.37. The average Bonchev–Trinajstić information content (AvgIpc) is 3.20. The number of benzene rings is 2. The van der Waals surface area contributed by atoms with E-state index in [-0.39, 0.29) is 6.61 Å². The summed E-state index contributed by atoms with van der Waals surface area (Å²) >= 11 is 0. The molecule has 1 heterocycles. The first-order valence-corrected chi connectivity index (χ1v) is 12.1. The first-order valence-electron chi connectivity index (χ1n) is 12.1. The third-order valence-electron chi connectivity index (χ3n) is 6.81. The summed E-state index contributed by atoms with van der Waals surface area (Å²) in [5.41, 5.74) is 5.31. The van der Waals surface area contributed by atoms with E-state index in [0.29, 0.717) is 18.4 Å². The number of methoxy groups -OCH3 is 2. The SMILES string of the molecule is COc1cccc(-c2c(C)nn(C[C@H]3CC[C@@H](COCC(=O)O)CC3)c2-c2cccc(OC)c2)c1. The number of aryl methyl sites for hydroxylation is 1. The predicted octanol–water partition coefficient (Wildman–Crippen LogP) is 5.45. The number of hydrogen-bond acceptors (Lipinski definition) is 5. The van der Waals surface area contributed by atoms with Gasteiger partial charge in [-0.2, -0.15) is 5.10 Å². The zero-order valence-electron chi connectivity index (χ0n) is 20.7. The van der Waals surface area contributed by atoms with Crippen molar-refractivity contribution in [2.24, 2.45) is 11.8 Å². The van der Waals surface area contributed by atoms with E-state index in [1.807, 2.05) is 24.3 Å². The van der Waals surface area contributed by atoms with Gasteiger partial charge in [-0.1, -0.05) is 24.3 Å². The van der Waals surface area contributed by atoms with E-state index < -0.39 is 5.97 Å². The monoisotopic (exact) mass is 478 g/mol. The number of ether oxygens (including phenoxy) is 3. The van der Waals surface area contributed by atoms with Crippen molar-refractivity contribution < 1.29 is 24.1 Å². The average molecular weight is 479 g/mol. The van der Waals surface area contributed by atoms with Crippen LogP contribution >= 0.6 is 0 Å². The molecule has 0 radical (unpaired) electrons. The molecule has 1 aliphatic carbocycles. The van der Waals surface area contributed by atoms with Gasteiger partial charge in [-0.25, -0.2) is 4.79 Å². The van der Waals surface area contributed by atoms with Gasteiger partial charge in [0.1, 0.15) is 18.1 Å². The molecule has 4 rings (SSSR count). The zero-order chi connectivity index (χ0) is 24.8. The Bertz CT molecular complexity index is 1150. The van der Waals surface area contributed by atoms with Crippen LogP contribution in [0.1, 0.15) is 31.4 Å². The Morgan fingerprint density at radius 2 is 1.57 bits per heavy atom. The molecule has 186 valence electrons. The third kappa shape index (κ3) is 6.03. The Morgan fingerprint density at radius 1 is 0.971 bits per heavy atom. The van der Waals surface area contributed by atoms with Gasteiger partial charge in [0.15, 0.2) is 0 Å². The van der Waals surface area contributed by atoms with E-state index in [4.69, 9.17) is 24.4 Å². The first kappa shape index (κ1) is 24.8. The summed E-state index contributed by atoms with van der Waals surface area (Å²) in [6.07, 6.45) is 4.24. The van der Waals surface area contributed by atoms with Crippen LogP contribution in [0.15, 0.2) is 48.5 Å². The molecule has 1 aromatic heterocycles. The summed E-state index contributed by atoms with van der Waals surface area (Å²) in [5.74, 6) is 1.65. The Labute approximate surface area is 206 Å². The third-order valence-corrected chi connectivity index (χ3v) is 6.81. The van der Waals surface area contributed by atoms with E-state index >= 15 is 0 Å². The van der Waals surface area contributed by atoms with Crippen LogP contribution in [-0.2, 0) is 16.1 Å². The van der Waals surface area contributed by atoms with E-state index in [1.165, 1.54) is 0 Å². The second kappa shape index (κ2) is 11.4. The highest BCUT2D eigenvalue weighted by molar-refractivity contribution is 5.84. The summed E-state index contributed by atoms with van der Waals surface area (Å²) < 4.78 is 18.5. The first-order chi connectivity index (χ1) is 17.0. The molecule has 0 bridgehead atoms. The van der Waals surface area contributed by atoms with E-state index in [2.05, 4.69) is 35.9 Å². The standard InChI is InChI=1S/C28H34N2O5/c1-19-27(22-6-4-8-24(14-22)33-2)28(23-7-5-9-25(15-23)34-3)30(29-19)16-20-10-12-21(13-11-20)17-35-18-26(31)32/h4-9,14-15,20-21H,10-13,16-18H2,1-3H3,(H,31,32)/t20-,21+. The smallest absolute Gasteiger partial charge is 0.329 e. The lowest BCUT2D eigenvalue weighted by atomic mass is 9.82. The van der Waals surface area contributed by atoms with Crippen molar-refractivity contribution in [2.45, 2.75) is 39.2 Å². The fourth-order valence-electron chi connectivity index (χ4n) is 5.04. The van der Waals surface area contributed by atoms with Gasteiger partial charge in [-0.3, -0.25) is 4.68 Å². The molecule has 2 aromatic carbocycles. The van der Waals surface area contributed by atoms with Crippen molar-refractivity contribution in [3.05, 3.63) is 54.2 Å². The molecular weight excluding hydrogens is 444 g/mol. The number of aromatic nitrogens is 2. The van der Waals surface area contributed by atoms with Gasteiger partial charge in [-0.05, 0) is 74.3 Å². The highest BCUT2D eigenvalue weighted by Crippen LogP contribution is 2.39. The second-order valence-corrected chi connectivity index (χ2v) is 9.25.